The summed E-state index contributed by atoms with van der Waals surface area (Å²) >= 11 is 1.60. The number of nitriles is 1. The predicted molar refractivity (Wildman–Crippen MR) is 128 cm³/mol. The van der Waals surface area contributed by atoms with Crippen molar-refractivity contribution < 1.29 is 9.59 Å². The summed E-state index contributed by atoms with van der Waals surface area (Å²) in [5.74, 6) is 1.09. The first-order valence-corrected chi connectivity index (χ1v) is 13.2. The van der Waals surface area contributed by atoms with E-state index in [1.165, 1.54) is 29.7 Å². The number of hydrogen-bond donors (Lipinski definition) is 1. The number of nitrogens with one attached hydrogen (secondary N) is 1. The van der Waals surface area contributed by atoms with Gasteiger partial charge in [0.25, 0.3) is 0 Å². The highest BCUT2D eigenvalue weighted by Gasteiger charge is 2.30. The van der Waals surface area contributed by atoms with Gasteiger partial charge in [-0.05, 0) is 75.9 Å². The lowest BCUT2D eigenvalue weighted by atomic mass is 9.92. The van der Waals surface area contributed by atoms with Gasteiger partial charge in [-0.1, -0.05) is 13.3 Å². The molecule has 4 rings (SSSR count). The van der Waals surface area contributed by atoms with Crippen LogP contribution in [0, 0.1) is 23.2 Å². The molecule has 1 aromatic rings. The molecule has 1 aromatic heterocycles. The molecule has 1 atom stereocenters. The zero-order valence-corrected chi connectivity index (χ0v) is 20.1. The van der Waals surface area contributed by atoms with Crippen LogP contribution in [0.25, 0.3) is 0 Å². The first-order valence-electron chi connectivity index (χ1n) is 12.4. The van der Waals surface area contributed by atoms with E-state index < -0.39 is 0 Å². The Balaban J connectivity index is 1.23. The zero-order valence-electron chi connectivity index (χ0n) is 19.3. The van der Waals surface area contributed by atoms with E-state index in [4.69, 9.17) is 0 Å². The van der Waals surface area contributed by atoms with Gasteiger partial charge in [-0.25, -0.2) is 0 Å². The van der Waals surface area contributed by atoms with Crippen molar-refractivity contribution in [3.63, 3.8) is 0 Å². The van der Waals surface area contributed by atoms with Crippen molar-refractivity contribution in [2.45, 2.75) is 71.1 Å². The lowest BCUT2D eigenvalue weighted by Gasteiger charge is -2.37. The highest BCUT2D eigenvalue weighted by molar-refractivity contribution is 7.16. The highest BCUT2D eigenvalue weighted by atomic mass is 32.1. The molecule has 2 saturated heterocycles. The fraction of sp³-hybridized carbons (Fsp3) is 0.720. The average Bonchev–Trinajstić information content (AvgIpc) is 2.96. The van der Waals surface area contributed by atoms with E-state index >= 15 is 0 Å². The van der Waals surface area contributed by atoms with Gasteiger partial charge in [-0.15, -0.1) is 11.3 Å². The number of carbonyl (C=O) groups excluding carboxylic acids is 2. The number of piperidine rings is 2. The molecule has 7 heteroatoms. The summed E-state index contributed by atoms with van der Waals surface area (Å²) in [5.41, 5.74) is 1.85. The maximum absolute atomic E-state index is 12.9. The van der Waals surface area contributed by atoms with Gasteiger partial charge in [-0.2, -0.15) is 5.26 Å². The molecule has 6 nitrogen and oxygen atoms in total. The normalized spacial score (nSPS) is 22.6. The van der Waals surface area contributed by atoms with Gasteiger partial charge < -0.3 is 15.1 Å². The Hall–Kier alpha value is -1.91. The fourth-order valence-electron chi connectivity index (χ4n) is 5.45. The van der Waals surface area contributed by atoms with E-state index in [1.807, 2.05) is 0 Å². The minimum Gasteiger partial charge on any atom is -0.342 e. The topological polar surface area (TPSA) is 76.4 Å². The van der Waals surface area contributed by atoms with Gasteiger partial charge in [-0.3, -0.25) is 9.59 Å². The molecule has 2 amide bonds. The van der Waals surface area contributed by atoms with Crippen LogP contribution in [0.4, 0.5) is 5.00 Å². The molecular formula is C25H36N4O2S. The first kappa shape index (κ1) is 23.3. The van der Waals surface area contributed by atoms with E-state index in [2.05, 4.69) is 28.1 Å². The van der Waals surface area contributed by atoms with Gasteiger partial charge in [0.2, 0.25) is 11.8 Å². The lowest BCUT2D eigenvalue weighted by molar-refractivity contribution is -0.139. The van der Waals surface area contributed by atoms with Crippen molar-refractivity contribution >= 4 is 28.2 Å². The van der Waals surface area contributed by atoms with Crippen LogP contribution in [0.15, 0.2) is 0 Å². The van der Waals surface area contributed by atoms with Crippen molar-refractivity contribution in [2.75, 3.05) is 38.0 Å². The number of anilines is 1. The van der Waals surface area contributed by atoms with Gasteiger partial charge in [0.15, 0.2) is 0 Å². The molecule has 32 heavy (non-hydrogen) atoms. The second kappa shape index (κ2) is 10.8. The summed E-state index contributed by atoms with van der Waals surface area (Å²) in [6.07, 6.45) is 10.0. The molecule has 0 saturated carbocycles. The molecule has 0 radical (unpaired) electrons. The number of thiophene rings is 1. The molecule has 0 spiro atoms. The van der Waals surface area contributed by atoms with Crippen molar-refractivity contribution in [2.24, 2.45) is 11.8 Å². The number of carbonyl (C=O) groups is 2. The van der Waals surface area contributed by atoms with Crippen LogP contribution in [0.5, 0.6) is 0 Å². The minimum absolute atomic E-state index is 0.0154. The third kappa shape index (κ3) is 5.52. The summed E-state index contributed by atoms with van der Waals surface area (Å²) < 4.78 is 0. The van der Waals surface area contributed by atoms with Crippen LogP contribution in [0.3, 0.4) is 0 Å². The summed E-state index contributed by atoms with van der Waals surface area (Å²) in [6.45, 7) is 6.53. The molecule has 174 valence electrons. The maximum Gasteiger partial charge on any atom is 0.226 e. The van der Waals surface area contributed by atoms with Crippen molar-refractivity contribution in [3.05, 3.63) is 16.0 Å². The second-order valence-corrected chi connectivity index (χ2v) is 10.9. The summed E-state index contributed by atoms with van der Waals surface area (Å²) in [5, 5.41) is 13.4. The number of hydrogen-bond acceptors (Lipinski definition) is 5. The number of fused-ring (bicyclic) bond motifs is 1. The van der Waals surface area contributed by atoms with Crippen molar-refractivity contribution in [1.29, 1.82) is 5.26 Å². The zero-order chi connectivity index (χ0) is 22.5. The van der Waals surface area contributed by atoms with E-state index in [0.717, 1.165) is 69.7 Å². The molecule has 2 aliphatic heterocycles. The number of nitrogens with zero attached hydrogens (tertiary/aromatic N) is 3. The highest BCUT2D eigenvalue weighted by Crippen LogP contribution is 2.37. The molecule has 0 bridgehead atoms. The second-order valence-electron chi connectivity index (χ2n) is 9.83. The van der Waals surface area contributed by atoms with Gasteiger partial charge in [0.1, 0.15) is 11.1 Å². The number of aryl methyl sites for hydroxylation is 1. The van der Waals surface area contributed by atoms with E-state index in [0.29, 0.717) is 30.4 Å². The smallest absolute Gasteiger partial charge is 0.226 e. The monoisotopic (exact) mass is 456 g/mol. The first-order chi connectivity index (χ1) is 15.5. The molecule has 0 aromatic carbocycles. The maximum atomic E-state index is 12.9. The number of likely N-dealkylation sites (tertiary alicyclic amines) is 2. The van der Waals surface area contributed by atoms with E-state index in [9.17, 15) is 14.9 Å². The third-order valence-electron chi connectivity index (χ3n) is 7.35. The summed E-state index contributed by atoms with van der Waals surface area (Å²) in [6, 6.07) is 2.34. The van der Waals surface area contributed by atoms with Crippen LogP contribution in [-0.2, 0) is 22.4 Å². The van der Waals surface area contributed by atoms with Crippen LogP contribution < -0.4 is 5.32 Å². The minimum atomic E-state index is -0.0154. The number of amides is 2. The molecule has 0 unspecified atom stereocenters. The van der Waals surface area contributed by atoms with Crippen molar-refractivity contribution in [1.82, 2.24) is 9.80 Å². The van der Waals surface area contributed by atoms with Crippen LogP contribution in [0.2, 0.25) is 0 Å². The fourth-order valence-corrected chi connectivity index (χ4v) is 6.70. The van der Waals surface area contributed by atoms with Gasteiger partial charge >= 0.3 is 0 Å². The van der Waals surface area contributed by atoms with E-state index in [-0.39, 0.29) is 11.8 Å². The summed E-state index contributed by atoms with van der Waals surface area (Å²) in [7, 11) is 0. The molecule has 3 heterocycles. The summed E-state index contributed by atoms with van der Waals surface area (Å²) in [4.78, 5) is 31.1. The van der Waals surface area contributed by atoms with Gasteiger partial charge in [0.05, 0.1) is 5.56 Å². The van der Waals surface area contributed by atoms with Gasteiger partial charge in [0, 0.05) is 36.9 Å². The SMILES string of the molecule is C[C@@H]1CCCN(C(=O)C2CCN(CCC(=O)Nc3sc4c(c3C#N)CCCCC4)CC2)C1. The standard InChI is InChI=1S/C25H36N4O2S/c1-18-6-5-12-29(17-18)25(31)19-9-13-28(14-10-19)15-11-23(30)27-24-21(16-26)20-7-3-2-4-8-22(20)32-24/h18-19H,2-15,17H2,1H3,(H,27,30)/t18-/m1/s1. The Morgan fingerprint density at radius 2 is 1.88 bits per heavy atom. The molecule has 3 aliphatic rings. The molecular weight excluding hydrogens is 420 g/mol. The molecule has 2 fully saturated rings. The Bertz CT molecular complexity index is 866. The predicted octanol–water partition coefficient (Wildman–Crippen LogP) is 4.19. The lowest BCUT2D eigenvalue weighted by Crippen LogP contribution is -2.46. The van der Waals surface area contributed by atoms with Crippen molar-refractivity contribution in [3.8, 4) is 6.07 Å². The molecule has 1 aliphatic carbocycles. The van der Waals surface area contributed by atoms with Crippen LogP contribution in [-0.4, -0.2) is 54.3 Å². The van der Waals surface area contributed by atoms with Crippen LogP contribution >= 0.6 is 11.3 Å². The number of rotatable bonds is 5. The largest absolute Gasteiger partial charge is 0.342 e. The Morgan fingerprint density at radius 3 is 2.62 bits per heavy atom. The van der Waals surface area contributed by atoms with Crippen LogP contribution in [0.1, 0.15) is 74.3 Å². The quantitative estimate of drug-likeness (QED) is 0.674. The Morgan fingerprint density at radius 1 is 1.09 bits per heavy atom. The molecule has 1 N–H and O–H groups in total. The third-order valence-corrected chi connectivity index (χ3v) is 8.55. The Kier molecular flexibility index (Phi) is 7.85. The van der Waals surface area contributed by atoms with E-state index in [1.54, 1.807) is 11.3 Å². The Labute approximate surface area is 196 Å². The average molecular weight is 457 g/mol.